The summed E-state index contributed by atoms with van der Waals surface area (Å²) < 4.78 is 0. The second kappa shape index (κ2) is 2.48. The molecule has 0 aromatic carbocycles. The van der Waals surface area contributed by atoms with Crippen LogP contribution in [0.25, 0.3) is 0 Å². The number of nitrogens with two attached hydrogens (primary N) is 1. The normalized spacial score (nSPS) is 39.8. The van der Waals surface area contributed by atoms with Crippen LogP contribution in [0.1, 0.15) is 39.0 Å². The highest BCUT2D eigenvalue weighted by molar-refractivity contribution is 4.98. The summed E-state index contributed by atoms with van der Waals surface area (Å²) >= 11 is 0. The van der Waals surface area contributed by atoms with E-state index in [-0.39, 0.29) is 0 Å². The van der Waals surface area contributed by atoms with E-state index in [9.17, 15) is 0 Å². The van der Waals surface area contributed by atoms with Crippen LogP contribution >= 0.6 is 0 Å². The Balaban J connectivity index is 2.04. The summed E-state index contributed by atoms with van der Waals surface area (Å²) in [6.45, 7) is 3.23. The molecule has 0 aliphatic heterocycles. The molecule has 0 spiro atoms. The van der Waals surface area contributed by atoms with Crippen molar-refractivity contribution in [1.29, 1.82) is 0 Å². The Morgan fingerprint density at radius 2 is 1.82 bits per heavy atom. The van der Waals surface area contributed by atoms with Gasteiger partial charge in [0, 0.05) is 0 Å². The first-order chi connectivity index (χ1) is 5.29. The van der Waals surface area contributed by atoms with Crippen molar-refractivity contribution in [3.05, 3.63) is 0 Å². The fourth-order valence-electron chi connectivity index (χ4n) is 2.97. The van der Waals surface area contributed by atoms with E-state index in [2.05, 4.69) is 6.92 Å². The SMILES string of the molecule is CCC1(CN)C[C@@H]2CC[C@H]2C1. The summed E-state index contributed by atoms with van der Waals surface area (Å²) in [6, 6.07) is 0. The van der Waals surface area contributed by atoms with Gasteiger partial charge in [-0.2, -0.15) is 0 Å². The highest BCUT2D eigenvalue weighted by atomic mass is 14.6. The van der Waals surface area contributed by atoms with Crippen molar-refractivity contribution < 1.29 is 0 Å². The van der Waals surface area contributed by atoms with Gasteiger partial charge in [0.25, 0.3) is 0 Å². The number of rotatable bonds is 2. The first kappa shape index (κ1) is 7.60. The molecule has 0 amide bonds. The molecule has 0 heterocycles. The summed E-state index contributed by atoms with van der Waals surface area (Å²) in [7, 11) is 0. The topological polar surface area (TPSA) is 26.0 Å². The standard InChI is InChI=1S/C10H19N/c1-2-10(7-11)5-8-3-4-9(8)6-10/h8-9H,2-7,11H2,1H3/t8-,9-/m0/s1. The molecule has 2 aliphatic carbocycles. The summed E-state index contributed by atoms with van der Waals surface area (Å²) in [5.74, 6) is 2.14. The van der Waals surface area contributed by atoms with Crippen LogP contribution in [0.3, 0.4) is 0 Å². The monoisotopic (exact) mass is 153 g/mol. The van der Waals surface area contributed by atoms with E-state index in [1.807, 2.05) is 0 Å². The van der Waals surface area contributed by atoms with E-state index in [1.54, 1.807) is 0 Å². The average molecular weight is 153 g/mol. The fraction of sp³-hybridized carbons (Fsp3) is 1.00. The summed E-state index contributed by atoms with van der Waals surface area (Å²) in [4.78, 5) is 0. The van der Waals surface area contributed by atoms with Crippen molar-refractivity contribution in [3.8, 4) is 0 Å². The molecule has 1 nitrogen and oxygen atoms in total. The van der Waals surface area contributed by atoms with Gasteiger partial charge in [0.15, 0.2) is 0 Å². The van der Waals surface area contributed by atoms with E-state index in [1.165, 1.54) is 32.1 Å². The Bertz CT molecular complexity index is 135. The van der Waals surface area contributed by atoms with Gasteiger partial charge in [-0.1, -0.05) is 6.92 Å². The maximum absolute atomic E-state index is 5.83. The molecule has 0 saturated heterocycles. The second-order valence-electron chi connectivity index (χ2n) is 4.56. The third-order valence-corrected chi connectivity index (χ3v) is 4.15. The molecular weight excluding hydrogens is 134 g/mol. The average Bonchev–Trinajstić information content (AvgIpc) is 2.27. The van der Waals surface area contributed by atoms with Crippen molar-refractivity contribution in [3.63, 3.8) is 0 Å². The summed E-state index contributed by atoms with van der Waals surface area (Å²) in [5.41, 5.74) is 6.39. The molecule has 0 unspecified atom stereocenters. The van der Waals surface area contributed by atoms with Crippen LogP contribution in [0.15, 0.2) is 0 Å². The van der Waals surface area contributed by atoms with Gasteiger partial charge >= 0.3 is 0 Å². The van der Waals surface area contributed by atoms with Crippen LogP contribution in [0, 0.1) is 17.3 Å². The first-order valence-corrected chi connectivity index (χ1v) is 5.00. The predicted molar refractivity (Wildman–Crippen MR) is 47.2 cm³/mol. The molecule has 2 saturated carbocycles. The molecule has 2 N–H and O–H groups in total. The van der Waals surface area contributed by atoms with Gasteiger partial charge in [-0.05, 0) is 55.9 Å². The number of fused-ring (bicyclic) bond motifs is 1. The van der Waals surface area contributed by atoms with Crippen molar-refractivity contribution in [2.75, 3.05) is 6.54 Å². The smallest absolute Gasteiger partial charge is 0.00204 e. The van der Waals surface area contributed by atoms with E-state index >= 15 is 0 Å². The molecule has 0 aromatic rings. The number of hydrogen-bond donors (Lipinski definition) is 1. The van der Waals surface area contributed by atoms with Crippen LogP contribution < -0.4 is 5.73 Å². The minimum absolute atomic E-state index is 0.561. The van der Waals surface area contributed by atoms with Gasteiger partial charge in [0.2, 0.25) is 0 Å². The third kappa shape index (κ3) is 1.01. The Morgan fingerprint density at radius 3 is 2.09 bits per heavy atom. The maximum Gasteiger partial charge on any atom is -0.00204 e. The van der Waals surface area contributed by atoms with Gasteiger partial charge in [0.05, 0.1) is 0 Å². The van der Waals surface area contributed by atoms with Crippen molar-refractivity contribution >= 4 is 0 Å². The maximum atomic E-state index is 5.83. The van der Waals surface area contributed by atoms with Gasteiger partial charge in [-0.25, -0.2) is 0 Å². The Labute approximate surface area is 69.4 Å². The lowest BCUT2D eigenvalue weighted by Crippen LogP contribution is -2.26. The molecule has 0 aromatic heterocycles. The van der Waals surface area contributed by atoms with E-state index in [0.717, 1.165) is 18.4 Å². The zero-order valence-corrected chi connectivity index (χ0v) is 7.47. The highest BCUT2D eigenvalue weighted by Gasteiger charge is 2.47. The molecule has 2 fully saturated rings. The van der Waals surface area contributed by atoms with Crippen molar-refractivity contribution in [2.24, 2.45) is 23.0 Å². The van der Waals surface area contributed by atoms with E-state index in [4.69, 9.17) is 5.73 Å². The molecule has 0 radical (unpaired) electrons. The minimum atomic E-state index is 0.561. The lowest BCUT2D eigenvalue weighted by atomic mass is 9.77. The molecule has 1 heteroatoms. The molecular formula is C10H19N. The van der Waals surface area contributed by atoms with Crippen LogP contribution in [0.4, 0.5) is 0 Å². The quantitative estimate of drug-likeness (QED) is 0.646. The summed E-state index contributed by atoms with van der Waals surface area (Å²) in [5, 5.41) is 0. The molecule has 2 atom stereocenters. The van der Waals surface area contributed by atoms with Crippen LogP contribution in [-0.2, 0) is 0 Å². The minimum Gasteiger partial charge on any atom is -0.330 e. The second-order valence-corrected chi connectivity index (χ2v) is 4.56. The summed E-state index contributed by atoms with van der Waals surface area (Å²) in [6.07, 6.45) is 7.16. The van der Waals surface area contributed by atoms with Gasteiger partial charge in [-0.15, -0.1) is 0 Å². The van der Waals surface area contributed by atoms with Crippen LogP contribution in [0.5, 0.6) is 0 Å². The largest absolute Gasteiger partial charge is 0.330 e. The molecule has 2 aliphatic rings. The lowest BCUT2D eigenvalue weighted by Gasteiger charge is -2.29. The van der Waals surface area contributed by atoms with E-state index < -0.39 is 0 Å². The van der Waals surface area contributed by atoms with Gasteiger partial charge < -0.3 is 5.73 Å². The van der Waals surface area contributed by atoms with Crippen LogP contribution in [0.2, 0.25) is 0 Å². The fourth-order valence-corrected chi connectivity index (χ4v) is 2.97. The lowest BCUT2D eigenvalue weighted by molar-refractivity contribution is 0.219. The van der Waals surface area contributed by atoms with Crippen molar-refractivity contribution in [2.45, 2.75) is 39.0 Å². The Kier molecular flexibility index (Phi) is 1.71. The molecule has 64 valence electrons. The predicted octanol–water partition coefficient (Wildman–Crippen LogP) is 2.16. The first-order valence-electron chi connectivity index (χ1n) is 5.00. The van der Waals surface area contributed by atoms with Gasteiger partial charge in [-0.3, -0.25) is 0 Å². The zero-order valence-electron chi connectivity index (χ0n) is 7.47. The van der Waals surface area contributed by atoms with Crippen LogP contribution in [-0.4, -0.2) is 6.54 Å². The molecule has 11 heavy (non-hydrogen) atoms. The molecule has 2 rings (SSSR count). The Morgan fingerprint density at radius 1 is 1.27 bits per heavy atom. The zero-order chi connectivity index (χ0) is 7.90. The highest BCUT2D eigenvalue weighted by Crippen LogP contribution is 2.56. The number of hydrogen-bond acceptors (Lipinski definition) is 1. The van der Waals surface area contributed by atoms with E-state index in [0.29, 0.717) is 5.41 Å². The molecule has 0 bridgehead atoms. The van der Waals surface area contributed by atoms with Crippen molar-refractivity contribution in [1.82, 2.24) is 0 Å². The Hall–Kier alpha value is -0.0400. The van der Waals surface area contributed by atoms with Gasteiger partial charge in [0.1, 0.15) is 0 Å². The third-order valence-electron chi connectivity index (χ3n) is 4.15.